The van der Waals surface area contributed by atoms with Crippen LogP contribution in [0.2, 0.25) is 0 Å². The van der Waals surface area contributed by atoms with Gasteiger partial charge in [0.2, 0.25) is 5.91 Å². The summed E-state index contributed by atoms with van der Waals surface area (Å²) in [5.41, 5.74) is 0.566. The number of carbonyl (C=O) groups excluding carboxylic acids is 1. The third-order valence-electron chi connectivity index (χ3n) is 1.77. The Bertz CT molecular complexity index is 200. The minimum Gasteiger partial charge on any atom is -0.350 e. The van der Waals surface area contributed by atoms with Gasteiger partial charge in [0.1, 0.15) is 0 Å². The summed E-state index contributed by atoms with van der Waals surface area (Å²) in [5.74, 6) is -0.0498. The fourth-order valence-electron chi connectivity index (χ4n) is 0.871. The molecule has 0 aromatic carbocycles. The van der Waals surface area contributed by atoms with Crippen molar-refractivity contribution in [2.75, 3.05) is 20.6 Å². The minimum atomic E-state index is -0.0498. The van der Waals surface area contributed by atoms with E-state index in [9.17, 15) is 4.79 Å². The molecule has 0 aromatic rings. The van der Waals surface area contributed by atoms with Crippen LogP contribution in [0.25, 0.3) is 0 Å². The minimum absolute atomic E-state index is 0.0498. The van der Waals surface area contributed by atoms with Gasteiger partial charge in [-0.25, -0.2) is 0 Å². The van der Waals surface area contributed by atoms with Gasteiger partial charge < -0.3 is 10.2 Å². The van der Waals surface area contributed by atoms with Gasteiger partial charge in [-0.1, -0.05) is 26.8 Å². The maximum Gasteiger partial charge on any atom is 0.246 e. The van der Waals surface area contributed by atoms with Crippen molar-refractivity contribution in [2.24, 2.45) is 0 Å². The number of nitrogens with zero attached hydrogens (tertiary/aromatic N) is 1. The number of hydrogen-bond acceptors (Lipinski definition) is 2. The molecule has 0 aliphatic heterocycles. The predicted octanol–water partition coefficient (Wildman–Crippen LogP) is 2.44. The van der Waals surface area contributed by atoms with Gasteiger partial charge in [0, 0.05) is 11.6 Å². The molecule has 0 saturated carbocycles. The average Bonchev–Trinajstić information content (AvgIpc) is 2.15. The van der Waals surface area contributed by atoms with Crippen LogP contribution in [-0.2, 0) is 4.79 Å². The Balaban J connectivity index is 0. The number of hydrogen-bond donors (Lipinski definition) is 1. The van der Waals surface area contributed by atoms with Crippen LogP contribution in [-0.4, -0.2) is 37.5 Å². The average molecular weight is 228 g/mol. The topological polar surface area (TPSA) is 32.3 Å². The van der Waals surface area contributed by atoms with E-state index >= 15 is 0 Å². The summed E-state index contributed by atoms with van der Waals surface area (Å²) < 4.78 is 0. The van der Waals surface area contributed by atoms with E-state index in [0.29, 0.717) is 5.57 Å². The molecule has 1 unspecified atom stereocenters. The fourth-order valence-corrected chi connectivity index (χ4v) is 0.871. The van der Waals surface area contributed by atoms with Crippen molar-refractivity contribution in [3.05, 3.63) is 12.2 Å². The smallest absolute Gasteiger partial charge is 0.246 e. The summed E-state index contributed by atoms with van der Waals surface area (Å²) in [5, 5.41) is 2.87. The van der Waals surface area contributed by atoms with Crippen molar-refractivity contribution in [3.63, 3.8) is 0 Å². The zero-order valence-corrected chi connectivity index (χ0v) is 11.8. The van der Waals surface area contributed by atoms with Crippen LogP contribution in [0.5, 0.6) is 0 Å². The number of carbonyl (C=O) groups is 1. The van der Waals surface area contributed by atoms with Crippen LogP contribution in [0.4, 0.5) is 0 Å². The molecule has 0 aliphatic carbocycles. The second-order valence-corrected chi connectivity index (χ2v) is 4.45. The molecule has 0 spiro atoms. The zero-order chi connectivity index (χ0) is 13.1. The molecule has 0 heterocycles. The van der Waals surface area contributed by atoms with Crippen molar-refractivity contribution in [1.29, 1.82) is 0 Å². The maximum absolute atomic E-state index is 11.2. The highest BCUT2D eigenvalue weighted by atomic mass is 16.1. The summed E-state index contributed by atoms with van der Waals surface area (Å²) in [6.07, 6.45) is 2.21. The van der Waals surface area contributed by atoms with Gasteiger partial charge in [-0.2, -0.15) is 0 Å². The van der Waals surface area contributed by atoms with Crippen molar-refractivity contribution in [1.82, 2.24) is 10.2 Å². The van der Waals surface area contributed by atoms with Gasteiger partial charge in [0.15, 0.2) is 0 Å². The second-order valence-electron chi connectivity index (χ2n) is 4.45. The van der Waals surface area contributed by atoms with E-state index in [1.807, 2.05) is 21.0 Å². The molecule has 1 atom stereocenters. The first-order chi connectivity index (χ1) is 7.34. The molecular weight excluding hydrogens is 200 g/mol. The molecule has 0 aromatic heterocycles. The van der Waals surface area contributed by atoms with Crippen molar-refractivity contribution >= 4 is 5.91 Å². The van der Waals surface area contributed by atoms with Gasteiger partial charge in [0.05, 0.1) is 0 Å². The first-order valence-electron chi connectivity index (χ1n) is 5.96. The SMILES string of the molecule is C=C(C)C(=O)NC(C)CCN(C)C.CCC. The van der Waals surface area contributed by atoms with E-state index in [1.54, 1.807) is 6.92 Å². The Morgan fingerprint density at radius 2 is 1.81 bits per heavy atom. The van der Waals surface area contributed by atoms with E-state index in [-0.39, 0.29) is 11.9 Å². The monoisotopic (exact) mass is 228 g/mol. The molecule has 1 amide bonds. The lowest BCUT2D eigenvalue weighted by molar-refractivity contribution is -0.118. The van der Waals surface area contributed by atoms with Crippen LogP contribution < -0.4 is 5.32 Å². The van der Waals surface area contributed by atoms with Gasteiger partial charge >= 0.3 is 0 Å². The quantitative estimate of drug-likeness (QED) is 0.733. The highest BCUT2D eigenvalue weighted by Gasteiger charge is 2.07. The Hall–Kier alpha value is -0.830. The van der Waals surface area contributed by atoms with E-state index in [1.165, 1.54) is 6.42 Å². The Labute approximate surface area is 101 Å². The normalized spacial score (nSPS) is 11.4. The Morgan fingerprint density at radius 3 is 2.12 bits per heavy atom. The summed E-state index contributed by atoms with van der Waals surface area (Å²) in [6, 6.07) is 0.214. The molecule has 0 saturated heterocycles. The zero-order valence-electron chi connectivity index (χ0n) is 11.8. The van der Waals surface area contributed by atoms with Crippen molar-refractivity contribution in [3.8, 4) is 0 Å². The summed E-state index contributed by atoms with van der Waals surface area (Å²) >= 11 is 0. The third kappa shape index (κ3) is 13.2. The maximum atomic E-state index is 11.2. The van der Waals surface area contributed by atoms with Crippen LogP contribution in [0, 0.1) is 0 Å². The highest BCUT2D eigenvalue weighted by molar-refractivity contribution is 5.92. The second kappa shape index (κ2) is 10.7. The number of nitrogens with one attached hydrogen (secondary N) is 1. The summed E-state index contributed by atoms with van der Waals surface area (Å²) in [6.45, 7) is 12.5. The first-order valence-corrected chi connectivity index (χ1v) is 5.96. The molecule has 0 rings (SSSR count). The summed E-state index contributed by atoms with van der Waals surface area (Å²) in [7, 11) is 4.04. The molecule has 0 bridgehead atoms. The number of rotatable bonds is 5. The van der Waals surface area contributed by atoms with Crippen LogP contribution >= 0.6 is 0 Å². The van der Waals surface area contributed by atoms with Crippen LogP contribution in [0.15, 0.2) is 12.2 Å². The van der Waals surface area contributed by atoms with Gasteiger partial charge in [-0.15, -0.1) is 0 Å². The molecule has 0 radical (unpaired) electrons. The molecule has 0 fully saturated rings. The summed E-state index contributed by atoms with van der Waals surface area (Å²) in [4.78, 5) is 13.3. The molecule has 96 valence electrons. The lowest BCUT2D eigenvalue weighted by Crippen LogP contribution is -2.34. The van der Waals surface area contributed by atoms with E-state index in [2.05, 4.69) is 30.6 Å². The Kier molecular flexibility index (Phi) is 11.7. The van der Waals surface area contributed by atoms with Crippen molar-refractivity contribution < 1.29 is 4.79 Å². The molecule has 1 N–H and O–H groups in total. The molecule has 16 heavy (non-hydrogen) atoms. The molecule has 3 heteroatoms. The highest BCUT2D eigenvalue weighted by Crippen LogP contribution is 1.94. The standard InChI is InChI=1S/C10H20N2O.C3H8/c1-8(2)10(13)11-9(3)6-7-12(4)5;1-3-2/h9H,1,6-7H2,2-5H3,(H,11,13);3H2,1-2H3. The Morgan fingerprint density at radius 1 is 1.38 bits per heavy atom. The largest absolute Gasteiger partial charge is 0.350 e. The van der Waals surface area contributed by atoms with E-state index in [0.717, 1.165) is 13.0 Å². The van der Waals surface area contributed by atoms with Gasteiger partial charge in [-0.3, -0.25) is 4.79 Å². The van der Waals surface area contributed by atoms with Crippen LogP contribution in [0.3, 0.4) is 0 Å². The number of amides is 1. The fraction of sp³-hybridized carbons (Fsp3) is 0.769. The van der Waals surface area contributed by atoms with E-state index < -0.39 is 0 Å². The third-order valence-corrected chi connectivity index (χ3v) is 1.77. The predicted molar refractivity (Wildman–Crippen MR) is 71.6 cm³/mol. The lowest BCUT2D eigenvalue weighted by Gasteiger charge is -2.16. The molecule has 0 aliphatic rings. The van der Waals surface area contributed by atoms with Crippen molar-refractivity contribution in [2.45, 2.75) is 46.6 Å². The molecule has 3 nitrogen and oxygen atoms in total. The van der Waals surface area contributed by atoms with Crippen LogP contribution in [0.1, 0.15) is 40.5 Å². The first kappa shape index (κ1) is 17.6. The van der Waals surface area contributed by atoms with E-state index in [4.69, 9.17) is 0 Å². The van der Waals surface area contributed by atoms with Gasteiger partial charge in [0.25, 0.3) is 0 Å². The molecular formula is C13H28N2O. The lowest BCUT2D eigenvalue weighted by atomic mass is 10.2. The van der Waals surface area contributed by atoms with Gasteiger partial charge in [-0.05, 0) is 40.9 Å².